The van der Waals surface area contributed by atoms with Crippen molar-refractivity contribution in [3.05, 3.63) is 41.5 Å². The second-order valence-electron chi connectivity index (χ2n) is 9.62. The molecule has 5 heteroatoms. The number of allylic oxidation sites excluding steroid dienone is 2. The zero-order chi connectivity index (χ0) is 20.3. The second-order valence-corrected chi connectivity index (χ2v) is 14.4. The van der Waals surface area contributed by atoms with Gasteiger partial charge in [0, 0.05) is 17.9 Å². The fraction of sp³-hybridized carbons (Fsp3) is 0.522. The van der Waals surface area contributed by atoms with Crippen LogP contribution in [-0.2, 0) is 14.6 Å². The lowest BCUT2D eigenvalue weighted by Gasteiger charge is -2.48. The fourth-order valence-corrected chi connectivity index (χ4v) is 5.86. The predicted octanol–water partition coefficient (Wildman–Crippen LogP) is 4.89. The molecule has 0 fully saturated rings. The zero-order valence-electron chi connectivity index (χ0n) is 17.6. The fourth-order valence-electron chi connectivity index (χ4n) is 4.62. The normalized spacial score (nSPS) is 30.0. The smallest absolute Gasteiger partial charge is 0.193 e. The molecule has 1 aliphatic heterocycles. The van der Waals surface area contributed by atoms with Gasteiger partial charge in [-0.3, -0.25) is 0 Å². The van der Waals surface area contributed by atoms with E-state index in [1.54, 1.807) is 7.11 Å². The molecule has 0 N–H and O–H groups in total. The molecule has 2 aliphatic carbocycles. The van der Waals surface area contributed by atoms with Gasteiger partial charge in [0.05, 0.1) is 12.5 Å². The van der Waals surface area contributed by atoms with E-state index in [1.165, 1.54) is 0 Å². The third kappa shape index (κ3) is 2.56. The summed E-state index contributed by atoms with van der Waals surface area (Å²) in [6.07, 6.45) is 9.69. The number of aldehydes is 1. The van der Waals surface area contributed by atoms with Crippen molar-refractivity contribution in [1.29, 1.82) is 0 Å². The van der Waals surface area contributed by atoms with Crippen LogP contribution in [0.1, 0.15) is 38.3 Å². The largest absolute Gasteiger partial charge is 0.493 e. The van der Waals surface area contributed by atoms with Crippen molar-refractivity contribution >= 4 is 20.7 Å². The van der Waals surface area contributed by atoms with Gasteiger partial charge in [0.15, 0.2) is 19.8 Å². The molecule has 3 aliphatic rings. The van der Waals surface area contributed by atoms with Crippen LogP contribution in [0, 0.1) is 5.92 Å². The molecule has 0 radical (unpaired) electrons. The van der Waals surface area contributed by atoms with E-state index in [1.807, 2.05) is 6.07 Å². The number of methoxy groups -OCH3 is 1. The SMILES string of the molecule is COc1ccc2c3c1O[C@H]1[C@@H](O[Si](C)(C)C(C)(C)C)C=C[C@@H](C=C2)[C@@]31CC=O. The Kier molecular flexibility index (Phi) is 4.40. The summed E-state index contributed by atoms with van der Waals surface area (Å²) in [4.78, 5) is 11.8. The molecule has 4 nitrogen and oxygen atoms in total. The monoisotopic (exact) mass is 398 g/mol. The van der Waals surface area contributed by atoms with E-state index < -0.39 is 13.7 Å². The summed E-state index contributed by atoms with van der Waals surface area (Å²) in [6.45, 7) is 11.2. The number of carbonyl (C=O) groups excluding carboxylic acids is 1. The van der Waals surface area contributed by atoms with Gasteiger partial charge in [0.1, 0.15) is 18.5 Å². The third-order valence-electron chi connectivity index (χ3n) is 7.13. The maximum absolute atomic E-state index is 11.8. The second kappa shape index (κ2) is 6.33. The summed E-state index contributed by atoms with van der Waals surface area (Å²) >= 11 is 0. The van der Waals surface area contributed by atoms with Crippen molar-refractivity contribution < 1.29 is 18.7 Å². The standard InChI is InChI=1S/C23H30O4Si/c1-22(2,3)28(5,6)27-18-12-10-16-9-7-15-8-11-17(25-4)20-19(15)23(16,13-14-24)21(18)26-20/h7-12,14,16,18,21H,13H2,1-6H3/t16-,18+,21+,23+/m1/s1. The summed E-state index contributed by atoms with van der Waals surface area (Å²) in [5.74, 6) is 1.61. The number of carbonyl (C=O) groups is 1. The van der Waals surface area contributed by atoms with Crippen LogP contribution in [0.3, 0.4) is 0 Å². The molecule has 4 atom stereocenters. The molecular formula is C23H30O4Si. The summed E-state index contributed by atoms with van der Waals surface area (Å²) in [5, 5.41) is 0.0935. The van der Waals surface area contributed by atoms with Gasteiger partial charge in [-0.1, -0.05) is 51.1 Å². The first-order valence-corrected chi connectivity index (χ1v) is 12.9. The quantitative estimate of drug-likeness (QED) is 0.403. The Labute approximate surface area is 168 Å². The van der Waals surface area contributed by atoms with E-state index in [4.69, 9.17) is 13.9 Å². The Hall–Kier alpha value is -1.85. The number of hydrogen-bond acceptors (Lipinski definition) is 4. The van der Waals surface area contributed by atoms with Crippen molar-refractivity contribution in [2.45, 2.75) is 62.9 Å². The highest BCUT2D eigenvalue weighted by Crippen LogP contribution is 2.60. The topological polar surface area (TPSA) is 44.8 Å². The Morgan fingerprint density at radius 1 is 1.21 bits per heavy atom. The maximum atomic E-state index is 11.8. The minimum Gasteiger partial charge on any atom is -0.493 e. The summed E-state index contributed by atoms with van der Waals surface area (Å²) in [5.41, 5.74) is 1.78. The minimum absolute atomic E-state index is 0.0935. The molecule has 4 rings (SSSR count). The van der Waals surface area contributed by atoms with E-state index in [2.05, 4.69) is 64.2 Å². The van der Waals surface area contributed by atoms with Crippen molar-refractivity contribution in [1.82, 2.24) is 0 Å². The van der Waals surface area contributed by atoms with E-state index in [0.29, 0.717) is 6.42 Å². The zero-order valence-corrected chi connectivity index (χ0v) is 18.6. The lowest BCUT2D eigenvalue weighted by atomic mass is 9.59. The summed E-state index contributed by atoms with van der Waals surface area (Å²) < 4.78 is 19.0. The first kappa shape index (κ1) is 19.5. The highest BCUT2D eigenvalue weighted by molar-refractivity contribution is 6.74. The molecule has 28 heavy (non-hydrogen) atoms. The van der Waals surface area contributed by atoms with Crippen LogP contribution in [0.25, 0.3) is 6.08 Å². The van der Waals surface area contributed by atoms with Crippen molar-refractivity contribution in [2.24, 2.45) is 5.92 Å². The number of benzene rings is 1. The Morgan fingerprint density at radius 3 is 2.61 bits per heavy atom. The molecule has 0 spiro atoms. The van der Waals surface area contributed by atoms with Crippen LogP contribution in [0.2, 0.25) is 18.1 Å². The Balaban J connectivity index is 1.85. The van der Waals surface area contributed by atoms with Gasteiger partial charge in [-0.2, -0.15) is 0 Å². The van der Waals surface area contributed by atoms with E-state index in [-0.39, 0.29) is 23.2 Å². The van der Waals surface area contributed by atoms with Gasteiger partial charge < -0.3 is 18.7 Å². The van der Waals surface area contributed by atoms with Crippen molar-refractivity contribution in [3.63, 3.8) is 0 Å². The van der Waals surface area contributed by atoms with Gasteiger partial charge in [-0.05, 0) is 29.8 Å². The number of ether oxygens (including phenoxy) is 2. The molecule has 0 unspecified atom stereocenters. The van der Waals surface area contributed by atoms with Crippen LogP contribution in [-0.4, -0.2) is 33.9 Å². The van der Waals surface area contributed by atoms with Crippen LogP contribution in [0.15, 0.2) is 30.4 Å². The molecule has 0 aromatic heterocycles. The van der Waals surface area contributed by atoms with E-state index in [9.17, 15) is 4.79 Å². The highest BCUT2D eigenvalue weighted by Gasteiger charge is 2.60. The molecule has 150 valence electrons. The molecule has 1 aromatic rings. The van der Waals surface area contributed by atoms with Crippen LogP contribution < -0.4 is 9.47 Å². The predicted molar refractivity (Wildman–Crippen MR) is 114 cm³/mol. The van der Waals surface area contributed by atoms with Gasteiger partial charge in [-0.25, -0.2) is 0 Å². The van der Waals surface area contributed by atoms with Crippen LogP contribution in [0.5, 0.6) is 11.5 Å². The summed E-state index contributed by atoms with van der Waals surface area (Å²) in [7, 11) is -0.359. The summed E-state index contributed by atoms with van der Waals surface area (Å²) in [6, 6.07) is 4.01. The van der Waals surface area contributed by atoms with Crippen LogP contribution in [0.4, 0.5) is 0 Å². The van der Waals surface area contributed by atoms with Gasteiger partial charge in [0.2, 0.25) is 0 Å². The molecule has 0 bridgehead atoms. The highest BCUT2D eigenvalue weighted by atomic mass is 28.4. The lowest BCUT2D eigenvalue weighted by Crippen LogP contribution is -2.57. The third-order valence-corrected chi connectivity index (χ3v) is 11.6. The average Bonchev–Trinajstić information content (AvgIpc) is 2.97. The first-order chi connectivity index (χ1) is 13.2. The van der Waals surface area contributed by atoms with E-state index >= 15 is 0 Å². The molecule has 0 saturated carbocycles. The van der Waals surface area contributed by atoms with Crippen molar-refractivity contribution in [3.8, 4) is 11.5 Å². The number of hydrogen-bond donors (Lipinski definition) is 0. The van der Waals surface area contributed by atoms with E-state index in [0.717, 1.165) is 28.9 Å². The Morgan fingerprint density at radius 2 is 1.96 bits per heavy atom. The van der Waals surface area contributed by atoms with Crippen molar-refractivity contribution in [2.75, 3.05) is 7.11 Å². The van der Waals surface area contributed by atoms with Gasteiger partial charge >= 0.3 is 0 Å². The molecule has 0 amide bonds. The van der Waals surface area contributed by atoms with Gasteiger partial charge in [0.25, 0.3) is 0 Å². The first-order valence-electron chi connectivity index (χ1n) is 10.0. The molecular weight excluding hydrogens is 368 g/mol. The van der Waals surface area contributed by atoms with Gasteiger partial charge in [-0.15, -0.1) is 0 Å². The minimum atomic E-state index is -2.02. The lowest BCUT2D eigenvalue weighted by molar-refractivity contribution is -0.110. The average molecular weight is 399 g/mol. The maximum Gasteiger partial charge on any atom is 0.193 e. The molecule has 0 saturated heterocycles. The molecule has 1 heterocycles. The Bertz CT molecular complexity index is 864. The van der Waals surface area contributed by atoms with Crippen LogP contribution >= 0.6 is 0 Å². The molecule has 1 aromatic carbocycles. The number of rotatable bonds is 5.